The van der Waals surface area contributed by atoms with Crippen LogP contribution in [-0.2, 0) is 36.8 Å². The van der Waals surface area contributed by atoms with Gasteiger partial charge in [-0.05, 0) is 119 Å². The van der Waals surface area contributed by atoms with Crippen molar-refractivity contribution in [3.63, 3.8) is 0 Å². The van der Waals surface area contributed by atoms with E-state index >= 15 is 0 Å². The van der Waals surface area contributed by atoms with Gasteiger partial charge in [0.2, 0.25) is 6.79 Å². The largest absolute Gasteiger partial charge is 0.497 e. The van der Waals surface area contributed by atoms with Gasteiger partial charge in [-0.3, -0.25) is 9.69 Å². The lowest BCUT2D eigenvalue weighted by molar-refractivity contribution is -0.179. The van der Waals surface area contributed by atoms with Crippen LogP contribution < -0.4 is 9.47 Å². The van der Waals surface area contributed by atoms with E-state index in [1.54, 1.807) is 21.0 Å². The van der Waals surface area contributed by atoms with Crippen LogP contribution in [0.3, 0.4) is 0 Å². The molecule has 10 heteroatoms. The highest BCUT2D eigenvalue weighted by Gasteiger charge is 2.59. The van der Waals surface area contributed by atoms with E-state index in [1.165, 1.54) is 0 Å². The van der Waals surface area contributed by atoms with Crippen LogP contribution in [0, 0.1) is 13.8 Å². The third-order valence-corrected chi connectivity index (χ3v) is 10.4. The molecule has 0 radical (unpaired) electrons. The lowest BCUT2D eigenvalue weighted by atomic mass is 9.77. The highest BCUT2D eigenvalue weighted by Crippen LogP contribution is 2.55. The number of carbonyl (C=O) groups is 2. The zero-order valence-electron chi connectivity index (χ0n) is 28.1. The Morgan fingerprint density at radius 1 is 1.04 bits per heavy atom. The fraction of sp³-hybridized carbons (Fsp3) is 0.568. The average molecular weight is 650 g/mol. The van der Waals surface area contributed by atoms with Crippen LogP contribution in [0.4, 0.5) is 0 Å². The summed E-state index contributed by atoms with van der Waals surface area (Å²) in [6.45, 7) is 9.21. The summed E-state index contributed by atoms with van der Waals surface area (Å²) in [6, 6.07) is 9.82. The van der Waals surface area contributed by atoms with Crippen LogP contribution in [0.5, 0.6) is 11.5 Å². The predicted molar refractivity (Wildman–Crippen MR) is 173 cm³/mol. The normalized spacial score (nSPS) is 24.4. The maximum Gasteiger partial charge on any atom is 0.339 e. The molecule has 0 bridgehead atoms. The molecule has 0 aromatic heterocycles. The molecule has 6 rings (SSSR count). The smallest absolute Gasteiger partial charge is 0.339 e. The van der Waals surface area contributed by atoms with Crippen molar-refractivity contribution in [3.8, 4) is 11.5 Å². The molecule has 1 saturated heterocycles. The number of benzene rings is 2. The Kier molecular flexibility index (Phi) is 9.06. The Labute approximate surface area is 276 Å². The van der Waals surface area contributed by atoms with Gasteiger partial charge in [0.25, 0.3) is 0 Å². The molecule has 3 heterocycles. The van der Waals surface area contributed by atoms with Crippen LogP contribution in [0.2, 0.25) is 0 Å². The molecule has 47 heavy (non-hydrogen) atoms. The highest BCUT2D eigenvalue weighted by molar-refractivity contribution is 5.86. The zero-order valence-corrected chi connectivity index (χ0v) is 28.1. The van der Waals surface area contributed by atoms with Crippen molar-refractivity contribution in [3.05, 3.63) is 70.0 Å². The molecule has 0 amide bonds. The van der Waals surface area contributed by atoms with Gasteiger partial charge in [0, 0.05) is 6.54 Å². The SMILES string of the molecule is COC1=C[C@@]23CCCN2CCc2cc4c(cc2[C@@H]3C1OC(=O)[C@@](O)(CCCC(C)(C)O)CC(=O)OCc1ccc(C)c(C)c1)OCO4. The van der Waals surface area contributed by atoms with Crippen molar-refractivity contribution < 1.29 is 43.5 Å². The summed E-state index contributed by atoms with van der Waals surface area (Å²) in [4.78, 5) is 29.8. The van der Waals surface area contributed by atoms with Crippen molar-refractivity contribution in [2.24, 2.45) is 0 Å². The topological polar surface area (TPSA) is 124 Å². The minimum absolute atomic E-state index is 0.0151. The van der Waals surface area contributed by atoms with Gasteiger partial charge >= 0.3 is 11.9 Å². The Bertz CT molecular complexity index is 1560. The summed E-state index contributed by atoms with van der Waals surface area (Å²) in [5.41, 5.74) is 1.47. The molecule has 254 valence electrons. The number of nitrogens with zero attached hydrogens (tertiary/aromatic N) is 1. The molecular formula is C37H47NO9. The number of methoxy groups -OCH3 is 1. The summed E-state index contributed by atoms with van der Waals surface area (Å²) < 4.78 is 29.2. The summed E-state index contributed by atoms with van der Waals surface area (Å²) in [5.74, 6) is -0.101. The minimum Gasteiger partial charge on any atom is -0.497 e. The van der Waals surface area contributed by atoms with E-state index in [-0.39, 0.29) is 32.2 Å². The Hall–Kier alpha value is -3.60. The van der Waals surface area contributed by atoms with Crippen LogP contribution in [-0.4, -0.2) is 76.9 Å². The van der Waals surface area contributed by atoms with Gasteiger partial charge < -0.3 is 33.9 Å². The fourth-order valence-corrected chi connectivity index (χ4v) is 7.74. The van der Waals surface area contributed by atoms with Gasteiger partial charge in [-0.25, -0.2) is 4.79 Å². The first kappa shape index (κ1) is 33.3. The molecule has 3 aliphatic heterocycles. The number of ether oxygens (including phenoxy) is 5. The Morgan fingerprint density at radius 2 is 1.81 bits per heavy atom. The summed E-state index contributed by atoms with van der Waals surface area (Å²) in [7, 11) is 1.56. The molecular weight excluding hydrogens is 602 g/mol. The average Bonchev–Trinajstić information content (AvgIpc) is 3.70. The van der Waals surface area contributed by atoms with E-state index in [0.29, 0.717) is 23.7 Å². The summed E-state index contributed by atoms with van der Waals surface area (Å²) in [6.07, 6.45) is 3.80. The van der Waals surface area contributed by atoms with Crippen LogP contribution in [0.15, 0.2) is 42.2 Å². The van der Waals surface area contributed by atoms with Gasteiger partial charge in [0.1, 0.15) is 12.4 Å². The molecule has 1 spiro atoms. The van der Waals surface area contributed by atoms with Crippen molar-refractivity contribution in [2.45, 2.75) is 108 Å². The number of aryl methyl sites for hydroxylation is 2. The Morgan fingerprint density at radius 3 is 2.53 bits per heavy atom. The second kappa shape index (κ2) is 12.8. The second-order valence-electron chi connectivity index (χ2n) is 14.2. The van der Waals surface area contributed by atoms with Gasteiger partial charge in [0.05, 0.1) is 30.6 Å². The van der Waals surface area contributed by atoms with Crippen LogP contribution >= 0.6 is 0 Å². The number of hydrogen-bond donors (Lipinski definition) is 2. The van der Waals surface area contributed by atoms with Gasteiger partial charge in [-0.2, -0.15) is 0 Å². The molecule has 1 aliphatic carbocycles. The monoisotopic (exact) mass is 649 g/mol. The van der Waals surface area contributed by atoms with E-state index < -0.39 is 41.2 Å². The maximum atomic E-state index is 14.2. The third-order valence-electron chi connectivity index (χ3n) is 10.4. The van der Waals surface area contributed by atoms with Crippen molar-refractivity contribution in [2.75, 3.05) is 27.0 Å². The van der Waals surface area contributed by atoms with Crippen molar-refractivity contribution in [1.29, 1.82) is 0 Å². The number of hydrogen-bond acceptors (Lipinski definition) is 10. The highest BCUT2D eigenvalue weighted by atomic mass is 16.7. The molecule has 10 nitrogen and oxygen atoms in total. The summed E-state index contributed by atoms with van der Waals surface area (Å²) in [5, 5.41) is 22.3. The summed E-state index contributed by atoms with van der Waals surface area (Å²) >= 11 is 0. The van der Waals surface area contributed by atoms with E-state index in [9.17, 15) is 19.8 Å². The van der Waals surface area contributed by atoms with E-state index in [4.69, 9.17) is 23.7 Å². The molecule has 1 unspecified atom stereocenters. The number of fused-ring (bicyclic) bond motifs is 3. The standard InChI is InChI=1S/C37H47NO9/c1-23-8-9-25(16-24(23)2)21-44-31(39)20-37(42,13-6-11-35(3,4)41)34(40)47-33-30(43-5)19-36-12-7-14-38(36)15-10-26-17-28-29(46-22-45-28)18-27(26)32(33)36/h8-9,16-19,32-33,41-42H,6-7,10-15,20-22H2,1-5H3/t32-,33?,36-,37-/m1/s1. The fourth-order valence-electron chi connectivity index (χ4n) is 7.74. The maximum absolute atomic E-state index is 14.2. The first-order valence-corrected chi connectivity index (χ1v) is 16.6. The van der Waals surface area contributed by atoms with Gasteiger partial charge in [-0.15, -0.1) is 0 Å². The first-order valence-electron chi connectivity index (χ1n) is 16.6. The number of rotatable bonds is 11. The number of esters is 2. The van der Waals surface area contributed by atoms with E-state index in [1.807, 2.05) is 44.2 Å². The molecule has 1 fully saturated rings. The quantitative estimate of drug-likeness (QED) is 0.329. The predicted octanol–water partition coefficient (Wildman–Crippen LogP) is 4.77. The van der Waals surface area contributed by atoms with Crippen LogP contribution in [0.25, 0.3) is 0 Å². The zero-order chi connectivity index (χ0) is 33.6. The van der Waals surface area contributed by atoms with Crippen molar-refractivity contribution >= 4 is 11.9 Å². The lowest BCUT2D eigenvalue weighted by Crippen LogP contribution is -2.49. The van der Waals surface area contributed by atoms with Gasteiger partial charge in [-0.1, -0.05) is 18.2 Å². The molecule has 4 aliphatic rings. The van der Waals surface area contributed by atoms with Gasteiger partial charge in [0.15, 0.2) is 23.2 Å². The van der Waals surface area contributed by atoms with E-state index in [2.05, 4.69) is 11.0 Å². The van der Waals surface area contributed by atoms with Crippen molar-refractivity contribution in [1.82, 2.24) is 4.90 Å². The first-order chi connectivity index (χ1) is 22.3. The number of carbonyl (C=O) groups excluding carboxylic acids is 2. The molecule has 2 aromatic carbocycles. The third kappa shape index (κ3) is 6.60. The second-order valence-corrected chi connectivity index (χ2v) is 14.2. The number of aliphatic hydroxyl groups is 2. The van der Waals surface area contributed by atoms with E-state index in [0.717, 1.165) is 60.2 Å². The lowest BCUT2D eigenvalue weighted by Gasteiger charge is -2.39. The minimum atomic E-state index is -2.18. The Balaban J connectivity index is 1.28. The molecule has 2 N–H and O–H groups in total. The van der Waals surface area contributed by atoms with Crippen LogP contribution in [0.1, 0.15) is 86.1 Å². The molecule has 0 saturated carbocycles. The molecule has 4 atom stereocenters. The molecule has 2 aromatic rings.